The van der Waals surface area contributed by atoms with E-state index in [9.17, 15) is 0 Å². The molecule has 0 aliphatic rings. The summed E-state index contributed by atoms with van der Waals surface area (Å²) in [5.41, 5.74) is 2.42. The number of unbranched alkanes of at least 4 members (excludes halogenated alkanes) is 3. The summed E-state index contributed by atoms with van der Waals surface area (Å²) < 4.78 is 5.51. The van der Waals surface area contributed by atoms with E-state index < -0.39 is 0 Å². The Hall–Kier alpha value is -0.0800. The maximum atomic E-state index is 5.51. The van der Waals surface area contributed by atoms with Crippen LogP contribution < -0.4 is 0 Å². The normalized spacial score (nSPS) is 11.8. The molecule has 0 radical (unpaired) electrons. The standard InChI is InChI=1S/C13H23BrO/c1-4-5-6-7-8-13(9-14)11-15-10-12(2)3/h9H,2,4-8,10-11H2,1,3H3/b13-9+. The molecular weight excluding hydrogens is 252 g/mol. The monoisotopic (exact) mass is 274 g/mol. The smallest absolute Gasteiger partial charge is 0.0689 e. The Morgan fingerprint density at radius 1 is 1.27 bits per heavy atom. The van der Waals surface area contributed by atoms with Gasteiger partial charge in [0.1, 0.15) is 0 Å². The maximum absolute atomic E-state index is 5.51. The SMILES string of the molecule is C=C(C)COC/C(=C/Br)CCCCCC. The van der Waals surface area contributed by atoms with Gasteiger partial charge in [0.2, 0.25) is 0 Å². The lowest BCUT2D eigenvalue weighted by Gasteiger charge is -2.07. The first-order chi connectivity index (χ1) is 7.20. The van der Waals surface area contributed by atoms with Crippen molar-refractivity contribution in [1.82, 2.24) is 0 Å². The summed E-state index contributed by atoms with van der Waals surface area (Å²) in [6.07, 6.45) is 6.35. The van der Waals surface area contributed by atoms with Gasteiger partial charge < -0.3 is 4.74 Å². The first-order valence-electron chi connectivity index (χ1n) is 5.71. The van der Waals surface area contributed by atoms with E-state index in [1.54, 1.807) is 0 Å². The van der Waals surface area contributed by atoms with Gasteiger partial charge in [-0.15, -0.1) is 0 Å². The second kappa shape index (κ2) is 10.4. The Balaban J connectivity index is 3.52. The molecule has 0 N–H and O–H groups in total. The summed E-state index contributed by atoms with van der Waals surface area (Å²) in [5, 5.41) is 0. The number of hydrogen-bond donors (Lipinski definition) is 0. The Morgan fingerprint density at radius 2 is 2.00 bits per heavy atom. The quantitative estimate of drug-likeness (QED) is 0.432. The average Bonchev–Trinajstić information content (AvgIpc) is 2.21. The average molecular weight is 275 g/mol. The number of hydrogen-bond acceptors (Lipinski definition) is 1. The van der Waals surface area contributed by atoms with E-state index in [0.717, 1.165) is 18.6 Å². The Kier molecular flexibility index (Phi) is 10.4. The number of rotatable bonds is 9. The fourth-order valence-corrected chi connectivity index (χ4v) is 1.65. The Morgan fingerprint density at radius 3 is 2.53 bits per heavy atom. The van der Waals surface area contributed by atoms with Gasteiger partial charge in [-0.2, -0.15) is 0 Å². The molecule has 0 aliphatic carbocycles. The molecule has 0 aromatic carbocycles. The fourth-order valence-electron chi connectivity index (χ4n) is 1.29. The lowest BCUT2D eigenvalue weighted by molar-refractivity contribution is 0.178. The summed E-state index contributed by atoms with van der Waals surface area (Å²) in [4.78, 5) is 2.00. The predicted molar refractivity (Wildman–Crippen MR) is 71.4 cm³/mol. The first kappa shape index (κ1) is 14.9. The molecule has 0 aromatic heterocycles. The van der Waals surface area contributed by atoms with E-state index in [1.165, 1.54) is 31.3 Å². The molecule has 0 spiro atoms. The molecule has 15 heavy (non-hydrogen) atoms. The molecule has 2 heteroatoms. The molecule has 0 aliphatic heterocycles. The molecule has 0 saturated carbocycles. The molecule has 0 unspecified atom stereocenters. The molecule has 0 aromatic rings. The van der Waals surface area contributed by atoms with Crippen molar-refractivity contribution < 1.29 is 4.74 Å². The molecule has 1 nitrogen and oxygen atoms in total. The van der Waals surface area contributed by atoms with Crippen LogP contribution in [-0.2, 0) is 4.74 Å². The minimum Gasteiger partial charge on any atom is -0.373 e. The van der Waals surface area contributed by atoms with Crippen molar-refractivity contribution in [3.05, 3.63) is 22.7 Å². The van der Waals surface area contributed by atoms with Gasteiger partial charge >= 0.3 is 0 Å². The van der Waals surface area contributed by atoms with Crippen LogP contribution in [0.25, 0.3) is 0 Å². The first-order valence-corrected chi connectivity index (χ1v) is 6.62. The van der Waals surface area contributed by atoms with Crippen molar-refractivity contribution in [3.63, 3.8) is 0 Å². The summed E-state index contributed by atoms with van der Waals surface area (Å²) in [6, 6.07) is 0. The molecule has 0 bridgehead atoms. The summed E-state index contributed by atoms with van der Waals surface area (Å²) >= 11 is 3.39. The van der Waals surface area contributed by atoms with Gasteiger partial charge in [0.25, 0.3) is 0 Å². The summed E-state index contributed by atoms with van der Waals surface area (Å²) in [7, 11) is 0. The molecule has 0 rings (SSSR count). The van der Waals surface area contributed by atoms with Gasteiger partial charge in [-0.3, -0.25) is 0 Å². The zero-order valence-electron chi connectivity index (χ0n) is 10.0. The Bertz CT molecular complexity index is 197. The third kappa shape index (κ3) is 10.2. The van der Waals surface area contributed by atoms with Crippen molar-refractivity contribution in [2.24, 2.45) is 0 Å². The van der Waals surface area contributed by atoms with Crippen LogP contribution in [0.1, 0.15) is 46.0 Å². The van der Waals surface area contributed by atoms with Gasteiger partial charge in [0, 0.05) is 0 Å². The van der Waals surface area contributed by atoms with E-state index in [0.29, 0.717) is 6.61 Å². The highest BCUT2D eigenvalue weighted by Gasteiger charge is 1.98. The summed E-state index contributed by atoms with van der Waals surface area (Å²) in [6.45, 7) is 9.42. The number of halogens is 1. The molecule has 0 saturated heterocycles. The van der Waals surface area contributed by atoms with Crippen LogP contribution >= 0.6 is 15.9 Å². The van der Waals surface area contributed by atoms with E-state index in [-0.39, 0.29) is 0 Å². The van der Waals surface area contributed by atoms with E-state index in [1.807, 2.05) is 11.9 Å². The predicted octanol–water partition coefficient (Wildman–Crippen LogP) is 4.83. The molecule has 0 heterocycles. The molecular formula is C13H23BrO. The highest BCUT2D eigenvalue weighted by atomic mass is 79.9. The lowest BCUT2D eigenvalue weighted by atomic mass is 10.1. The molecule has 0 atom stereocenters. The maximum Gasteiger partial charge on any atom is 0.0689 e. The van der Waals surface area contributed by atoms with Gasteiger partial charge in [-0.05, 0) is 30.3 Å². The van der Waals surface area contributed by atoms with E-state index in [4.69, 9.17) is 4.74 Å². The highest BCUT2D eigenvalue weighted by molar-refractivity contribution is 9.11. The van der Waals surface area contributed by atoms with Gasteiger partial charge in [-0.25, -0.2) is 0 Å². The summed E-state index contributed by atoms with van der Waals surface area (Å²) in [5.74, 6) is 0. The van der Waals surface area contributed by atoms with Crippen LogP contribution in [0.5, 0.6) is 0 Å². The molecule has 0 amide bonds. The highest BCUT2D eigenvalue weighted by Crippen LogP contribution is 2.12. The van der Waals surface area contributed by atoms with Crippen molar-refractivity contribution in [2.75, 3.05) is 13.2 Å². The van der Waals surface area contributed by atoms with Gasteiger partial charge in [0.15, 0.2) is 0 Å². The van der Waals surface area contributed by atoms with Crippen LogP contribution in [0, 0.1) is 0 Å². The van der Waals surface area contributed by atoms with Crippen LogP contribution in [-0.4, -0.2) is 13.2 Å². The lowest BCUT2D eigenvalue weighted by Crippen LogP contribution is -2.00. The van der Waals surface area contributed by atoms with Crippen LogP contribution in [0.3, 0.4) is 0 Å². The van der Waals surface area contributed by atoms with Crippen molar-refractivity contribution >= 4 is 15.9 Å². The topological polar surface area (TPSA) is 9.23 Å². The zero-order valence-corrected chi connectivity index (χ0v) is 11.6. The van der Waals surface area contributed by atoms with E-state index in [2.05, 4.69) is 29.4 Å². The third-order valence-corrected chi connectivity index (χ3v) is 2.79. The number of ether oxygens (including phenoxy) is 1. The second-order valence-electron chi connectivity index (χ2n) is 4.03. The van der Waals surface area contributed by atoms with Crippen LogP contribution in [0.4, 0.5) is 0 Å². The minimum absolute atomic E-state index is 0.666. The largest absolute Gasteiger partial charge is 0.373 e. The fraction of sp³-hybridized carbons (Fsp3) is 0.692. The zero-order chi connectivity index (χ0) is 11.5. The molecule has 88 valence electrons. The Labute approximate surface area is 103 Å². The minimum atomic E-state index is 0.666. The van der Waals surface area contributed by atoms with Crippen LogP contribution in [0.15, 0.2) is 22.7 Å². The van der Waals surface area contributed by atoms with Gasteiger partial charge in [-0.1, -0.05) is 54.3 Å². The van der Waals surface area contributed by atoms with Crippen molar-refractivity contribution in [1.29, 1.82) is 0 Å². The van der Waals surface area contributed by atoms with E-state index >= 15 is 0 Å². The van der Waals surface area contributed by atoms with Crippen LogP contribution in [0.2, 0.25) is 0 Å². The second-order valence-corrected chi connectivity index (χ2v) is 4.49. The molecule has 0 fully saturated rings. The van der Waals surface area contributed by atoms with Crippen molar-refractivity contribution in [2.45, 2.75) is 46.0 Å². The van der Waals surface area contributed by atoms with Crippen molar-refractivity contribution in [3.8, 4) is 0 Å². The van der Waals surface area contributed by atoms with Gasteiger partial charge in [0.05, 0.1) is 13.2 Å². The third-order valence-electron chi connectivity index (χ3n) is 2.14.